The second kappa shape index (κ2) is 9.95. The molecule has 2 atom stereocenters. The van der Waals surface area contributed by atoms with E-state index in [1.165, 1.54) is 5.56 Å². The fourth-order valence-electron chi connectivity index (χ4n) is 3.97. The number of benzene rings is 3. The summed E-state index contributed by atoms with van der Waals surface area (Å²) < 4.78 is 6.08. The number of nitrogens with zero attached hydrogens (tertiary/aromatic N) is 1. The molecule has 1 heterocycles. The van der Waals surface area contributed by atoms with Gasteiger partial charge in [0.2, 0.25) is 0 Å². The van der Waals surface area contributed by atoms with Crippen molar-refractivity contribution in [3.8, 4) is 5.75 Å². The van der Waals surface area contributed by atoms with E-state index in [0.29, 0.717) is 22.3 Å². The van der Waals surface area contributed by atoms with Crippen molar-refractivity contribution in [2.24, 2.45) is 0 Å². The summed E-state index contributed by atoms with van der Waals surface area (Å²) in [5, 5.41) is 4.42. The van der Waals surface area contributed by atoms with Gasteiger partial charge in [-0.1, -0.05) is 65.7 Å². The maximum Gasteiger partial charge on any atom is 0.270 e. The highest BCUT2D eigenvalue weighted by Crippen LogP contribution is 2.36. The third-order valence-corrected chi connectivity index (χ3v) is 6.46. The number of hydrogen-bond donors (Lipinski definition) is 1. The summed E-state index contributed by atoms with van der Waals surface area (Å²) in [4.78, 5) is 15.0. The molecule has 1 aliphatic rings. The third kappa shape index (κ3) is 4.78. The molecule has 0 radical (unpaired) electrons. The molecule has 166 valence electrons. The fraction of sp³-hybridized carbons (Fsp3) is 0.269. The summed E-state index contributed by atoms with van der Waals surface area (Å²) in [6.07, 6.45) is 0.303. The second-order valence-electron chi connectivity index (χ2n) is 8.05. The quantitative estimate of drug-likeness (QED) is 0.345. The minimum atomic E-state index is -0.613. The largest absolute Gasteiger partial charge is 0.477 e. The average molecular weight is 469 g/mol. The van der Waals surface area contributed by atoms with Gasteiger partial charge in [-0.15, -0.1) is 0 Å². The van der Waals surface area contributed by atoms with Crippen molar-refractivity contribution in [2.45, 2.75) is 32.4 Å². The Morgan fingerprint density at radius 2 is 1.78 bits per heavy atom. The minimum absolute atomic E-state index is 0.0698. The van der Waals surface area contributed by atoms with E-state index in [1.807, 2.05) is 42.2 Å². The molecule has 3 aromatic rings. The predicted molar refractivity (Wildman–Crippen MR) is 131 cm³/mol. The van der Waals surface area contributed by atoms with Gasteiger partial charge in [-0.2, -0.15) is 0 Å². The van der Waals surface area contributed by atoms with Gasteiger partial charge in [-0.25, -0.2) is 0 Å². The highest BCUT2D eigenvalue weighted by molar-refractivity contribution is 6.35. The van der Waals surface area contributed by atoms with Crippen LogP contribution in [0.25, 0.3) is 0 Å². The number of amides is 1. The van der Waals surface area contributed by atoms with Gasteiger partial charge in [0.1, 0.15) is 5.75 Å². The van der Waals surface area contributed by atoms with Crippen LogP contribution < -0.4 is 15.0 Å². The van der Waals surface area contributed by atoms with Gasteiger partial charge in [0.15, 0.2) is 6.10 Å². The van der Waals surface area contributed by atoms with Crippen LogP contribution in [-0.2, 0) is 11.2 Å². The molecule has 1 fully saturated rings. The van der Waals surface area contributed by atoms with E-state index in [2.05, 4.69) is 30.4 Å². The zero-order valence-electron chi connectivity index (χ0n) is 18.1. The van der Waals surface area contributed by atoms with Gasteiger partial charge in [0, 0.05) is 17.3 Å². The molecular weight excluding hydrogens is 443 g/mol. The van der Waals surface area contributed by atoms with E-state index in [-0.39, 0.29) is 11.9 Å². The van der Waals surface area contributed by atoms with Crippen LogP contribution in [0.3, 0.4) is 0 Å². The Balaban J connectivity index is 1.50. The number of β-lactam (4-membered cyclic amide) rings is 1. The van der Waals surface area contributed by atoms with Crippen LogP contribution in [0.2, 0.25) is 10.0 Å². The van der Waals surface area contributed by atoms with Gasteiger partial charge in [-0.3, -0.25) is 4.79 Å². The molecule has 1 saturated heterocycles. The van der Waals surface area contributed by atoms with Crippen molar-refractivity contribution >= 4 is 34.8 Å². The standard InChI is InChI=1S/C26H26Cl2N2O2/c1-17-7-6-10-22(18(17)2)30-23(16-29-14-13-19-8-4-3-5-9-19)25(26(30)31)32-24-12-11-20(27)15-21(24)28/h3-12,15,23,25,29H,13-14,16H2,1-2H3/t23-,25-/m1/s1. The molecule has 1 amide bonds. The highest BCUT2D eigenvalue weighted by Gasteiger charge is 2.50. The molecule has 1 aliphatic heterocycles. The summed E-state index contributed by atoms with van der Waals surface area (Å²) in [7, 11) is 0. The number of carbonyl (C=O) groups excluding carboxylic acids is 1. The van der Waals surface area contributed by atoms with Crippen LogP contribution in [0.1, 0.15) is 16.7 Å². The normalized spacial score (nSPS) is 17.9. The van der Waals surface area contributed by atoms with Crippen molar-refractivity contribution in [2.75, 3.05) is 18.0 Å². The van der Waals surface area contributed by atoms with Crippen molar-refractivity contribution in [3.63, 3.8) is 0 Å². The molecule has 0 aromatic heterocycles. The van der Waals surface area contributed by atoms with Gasteiger partial charge in [0.25, 0.3) is 5.91 Å². The molecule has 0 unspecified atom stereocenters. The van der Waals surface area contributed by atoms with E-state index < -0.39 is 6.10 Å². The van der Waals surface area contributed by atoms with Crippen molar-refractivity contribution in [1.29, 1.82) is 0 Å². The van der Waals surface area contributed by atoms with Crippen LogP contribution in [0.15, 0.2) is 66.7 Å². The summed E-state index contributed by atoms with van der Waals surface area (Å²) in [5.74, 6) is 0.392. The SMILES string of the molecule is Cc1cccc(N2C(=O)[C@H](Oc3ccc(Cl)cc3Cl)[C@H]2CNCCc2ccccc2)c1C. The monoisotopic (exact) mass is 468 g/mol. The van der Waals surface area contributed by atoms with E-state index >= 15 is 0 Å². The maximum absolute atomic E-state index is 13.2. The summed E-state index contributed by atoms with van der Waals surface area (Å²) in [6.45, 7) is 5.52. The Morgan fingerprint density at radius 3 is 2.53 bits per heavy atom. The molecule has 3 aromatic carbocycles. The van der Waals surface area contributed by atoms with Crippen LogP contribution >= 0.6 is 23.2 Å². The first-order valence-electron chi connectivity index (χ1n) is 10.7. The molecule has 0 spiro atoms. The Hall–Kier alpha value is -2.53. The number of nitrogens with one attached hydrogen (secondary N) is 1. The lowest BCUT2D eigenvalue weighted by molar-refractivity contribution is -0.134. The van der Waals surface area contributed by atoms with Crippen LogP contribution in [0.4, 0.5) is 5.69 Å². The van der Waals surface area contributed by atoms with Gasteiger partial charge in [-0.05, 0) is 67.8 Å². The fourth-order valence-corrected chi connectivity index (χ4v) is 4.43. The van der Waals surface area contributed by atoms with Crippen molar-refractivity contribution in [3.05, 3.63) is 93.5 Å². The Labute approximate surface area is 199 Å². The van der Waals surface area contributed by atoms with Gasteiger partial charge in [0.05, 0.1) is 11.1 Å². The van der Waals surface area contributed by atoms with Crippen LogP contribution in [0.5, 0.6) is 5.75 Å². The smallest absolute Gasteiger partial charge is 0.270 e. The van der Waals surface area contributed by atoms with Crippen LogP contribution in [-0.4, -0.2) is 31.1 Å². The van der Waals surface area contributed by atoms with Crippen molar-refractivity contribution in [1.82, 2.24) is 5.32 Å². The second-order valence-corrected chi connectivity index (χ2v) is 8.89. The van der Waals surface area contributed by atoms with E-state index in [1.54, 1.807) is 18.2 Å². The molecule has 0 saturated carbocycles. The number of halogens is 2. The molecule has 0 bridgehead atoms. The van der Waals surface area contributed by atoms with E-state index in [9.17, 15) is 4.79 Å². The van der Waals surface area contributed by atoms with Gasteiger partial charge >= 0.3 is 0 Å². The number of aryl methyl sites for hydroxylation is 1. The number of anilines is 1. The van der Waals surface area contributed by atoms with E-state index in [4.69, 9.17) is 27.9 Å². The number of rotatable bonds is 8. The zero-order valence-corrected chi connectivity index (χ0v) is 19.7. The lowest BCUT2D eigenvalue weighted by Crippen LogP contribution is -2.70. The first kappa shape index (κ1) is 22.7. The van der Waals surface area contributed by atoms with Crippen LogP contribution in [0, 0.1) is 13.8 Å². The first-order chi connectivity index (χ1) is 15.5. The Morgan fingerprint density at radius 1 is 1.00 bits per heavy atom. The third-order valence-electron chi connectivity index (χ3n) is 5.93. The first-order valence-corrected chi connectivity index (χ1v) is 11.5. The molecule has 6 heteroatoms. The zero-order chi connectivity index (χ0) is 22.7. The number of ether oxygens (including phenoxy) is 1. The molecule has 4 nitrogen and oxygen atoms in total. The minimum Gasteiger partial charge on any atom is -0.477 e. The predicted octanol–water partition coefficient (Wildman–Crippen LogP) is 5.61. The molecule has 0 aliphatic carbocycles. The maximum atomic E-state index is 13.2. The van der Waals surface area contributed by atoms with E-state index in [0.717, 1.165) is 29.8 Å². The molecule has 4 rings (SSSR count). The number of carbonyl (C=O) groups is 1. The summed E-state index contributed by atoms with van der Waals surface area (Å²) in [6, 6.07) is 21.3. The van der Waals surface area contributed by atoms with Crippen molar-refractivity contribution < 1.29 is 9.53 Å². The summed E-state index contributed by atoms with van der Waals surface area (Å²) >= 11 is 12.3. The average Bonchev–Trinajstić information content (AvgIpc) is 2.78. The summed E-state index contributed by atoms with van der Waals surface area (Å²) in [5.41, 5.74) is 4.44. The molecule has 32 heavy (non-hydrogen) atoms. The Kier molecular flexibility index (Phi) is 7.04. The van der Waals surface area contributed by atoms with Gasteiger partial charge < -0.3 is 15.0 Å². The highest BCUT2D eigenvalue weighted by atomic mass is 35.5. The Bertz CT molecular complexity index is 1100. The lowest BCUT2D eigenvalue weighted by Gasteiger charge is -2.47. The topological polar surface area (TPSA) is 41.6 Å². The number of hydrogen-bond acceptors (Lipinski definition) is 3. The lowest BCUT2D eigenvalue weighted by atomic mass is 9.94. The molecule has 1 N–H and O–H groups in total. The molecular formula is C26H26Cl2N2O2.